The number of nitrogen functional groups attached to an aromatic ring is 1. The molecule has 2 heterocycles. The highest BCUT2D eigenvalue weighted by molar-refractivity contribution is 7.13. The molecule has 0 aliphatic carbocycles. The first kappa shape index (κ1) is 8.12. The third kappa shape index (κ3) is 1.38. The Morgan fingerprint density at radius 1 is 1.31 bits per heavy atom. The summed E-state index contributed by atoms with van der Waals surface area (Å²) in [7, 11) is 0. The summed E-state index contributed by atoms with van der Waals surface area (Å²) < 4.78 is 0. The van der Waals surface area contributed by atoms with Gasteiger partial charge in [-0.1, -0.05) is 0 Å². The lowest BCUT2D eigenvalue weighted by Crippen LogP contribution is -1.92. The molecule has 0 unspecified atom stereocenters. The molecule has 13 heavy (non-hydrogen) atoms. The van der Waals surface area contributed by atoms with Crippen LogP contribution in [-0.2, 0) is 0 Å². The summed E-state index contributed by atoms with van der Waals surface area (Å²) in [6.07, 6.45) is 3.21. The quantitative estimate of drug-likeness (QED) is 0.743. The molecular formula is C8H8N4S. The van der Waals surface area contributed by atoms with Crippen molar-refractivity contribution in [3.8, 4) is 10.4 Å². The van der Waals surface area contributed by atoms with Crippen molar-refractivity contribution in [2.45, 2.75) is 6.92 Å². The molecular weight excluding hydrogens is 184 g/mol. The van der Waals surface area contributed by atoms with Crippen LogP contribution in [0.15, 0.2) is 17.9 Å². The second-order valence-electron chi connectivity index (χ2n) is 2.63. The Hall–Kier alpha value is -1.49. The summed E-state index contributed by atoms with van der Waals surface area (Å²) in [6.45, 7) is 1.95. The summed E-state index contributed by atoms with van der Waals surface area (Å²) in [5.41, 5.74) is 10.1. The van der Waals surface area contributed by atoms with Gasteiger partial charge in [-0.05, 0) is 6.92 Å². The van der Waals surface area contributed by atoms with Crippen LogP contribution in [0.3, 0.4) is 0 Å². The third-order valence-corrected chi connectivity index (χ3v) is 2.71. The monoisotopic (exact) mass is 192 g/mol. The molecule has 0 aliphatic rings. The van der Waals surface area contributed by atoms with Crippen molar-refractivity contribution in [2.75, 3.05) is 5.73 Å². The Labute approximate surface area is 79.5 Å². The van der Waals surface area contributed by atoms with Gasteiger partial charge in [0.2, 0.25) is 0 Å². The van der Waals surface area contributed by atoms with E-state index in [1.54, 1.807) is 29.2 Å². The Balaban J connectivity index is 2.59. The Bertz CT molecular complexity index is 424. The predicted octanol–water partition coefficient (Wildman–Crippen LogP) is 1.49. The number of nitrogens with zero attached hydrogens (tertiary/aromatic N) is 3. The molecule has 0 fully saturated rings. The van der Waals surface area contributed by atoms with Gasteiger partial charge in [0.25, 0.3) is 0 Å². The van der Waals surface area contributed by atoms with Crippen LogP contribution in [0.25, 0.3) is 10.4 Å². The van der Waals surface area contributed by atoms with Gasteiger partial charge >= 0.3 is 0 Å². The number of aromatic nitrogens is 3. The summed E-state index contributed by atoms with van der Waals surface area (Å²) in [4.78, 5) is 5.21. The molecule has 2 aromatic rings. The summed E-state index contributed by atoms with van der Waals surface area (Å²) in [5.74, 6) is 0. The lowest BCUT2D eigenvalue weighted by Gasteiger charge is -2.00. The van der Waals surface area contributed by atoms with E-state index in [2.05, 4.69) is 15.2 Å². The Morgan fingerprint density at radius 2 is 2.08 bits per heavy atom. The molecule has 0 saturated heterocycles. The van der Waals surface area contributed by atoms with Crippen LogP contribution in [0.5, 0.6) is 0 Å². The first-order chi connectivity index (χ1) is 6.29. The molecule has 4 nitrogen and oxygen atoms in total. The smallest absolute Gasteiger partial charge is 0.0801 e. The summed E-state index contributed by atoms with van der Waals surface area (Å²) in [6, 6.07) is 0. The van der Waals surface area contributed by atoms with Gasteiger partial charge in [-0.15, -0.1) is 11.3 Å². The lowest BCUT2D eigenvalue weighted by atomic mass is 10.2. The SMILES string of the molecule is Cc1ncsc1-c1cnncc1N. The molecule has 2 N–H and O–H groups in total. The van der Waals surface area contributed by atoms with Gasteiger partial charge in [0.15, 0.2) is 0 Å². The van der Waals surface area contributed by atoms with E-state index in [4.69, 9.17) is 5.73 Å². The topological polar surface area (TPSA) is 64.7 Å². The number of hydrogen-bond acceptors (Lipinski definition) is 5. The minimum atomic E-state index is 0.641. The van der Waals surface area contributed by atoms with Crippen molar-refractivity contribution >= 4 is 17.0 Å². The van der Waals surface area contributed by atoms with E-state index in [0.29, 0.717) is 5.69 Å². The normalized spacial score (nSPS) is 10.2. The maximum absolute atomic E-state index is 5.76. The van der Waals surface area contributed by atoms with Crippen molar-refractivity contribution < 1.29 is 0 Å². The first-order valence-corrected chi connectivity index (χ1v) is 4.63. The van der Waals surface area contributed by atoms with Crippen molar-refractivity contribution in [3.05, 3.63) is 23.6 Å². The average molecular weight is 192 g/mol. The van der Waals surface area contributed by atoms with E-state index >= 15 is 0 Å². The number of nitrogens with two attached hydrogens (primary N) is 1. The highest BCUT2D eigenvalue weighted by Crippen LogP contribution is 2.29. The zero-order chi connectivity index (χ0) is 9.26. The largest absolute Gasteiger partial charge is 0.397 e. The van der Waals surface area contributed by atoms with Crippen molar-refractivity contribution in [2.24, 2.45) is 0 Å². The van der Waals surface area contributed by atoms with Gasteiger partial charge in [-0.2, -0.15) is 10.2 Å². The van der Waals surface area contributed by atoms with E-state index in [9.17, 15) is 0 Å². The van der Waals surface area contributed by atoms with Crippen LogP contribution in [-0.4, -0.2) is 15.2 Å². The van der Waals surface area contributed by atoms with Crippen molar-refractivity contribution in [1.29, 1.82) is 0 Å². The lowest BCUT2D eigenvalue weighted by molar-refractivity contribution is 1.04. The number of anilines is 1. The highest BCUT2D eigenvalue weighted by Gasteiger charge is 2.07. The highest BCUT2D eigenvalue weighted by atomic mass is 32.1. The molecule has 0 bridgehead atoms. The minimum absolute atomic E-state index is 0.641. The molecule has 0 amide bonds. The van der Waals surface area contributed by atoms with Crippen LogP contribution >= 0.6 is 11.3 Å². The van der Waals surface area contributed by atoms with E-state index in [1.807, 2.05) is 6.92 Å². The molecule has 0 radical (unpaired) electrons. The zero-order valence-electron chi connectivity index (χ0n) is 7.06. The molecule has 0 spiro atoms. The van der Waals surface area contributed by atoms with Crippen LogP contribution < -0.4 is 5.73 Å². The number of aryl methyl sites for hydroxylation is 1. The fourth-order valence-electron chi connectivity index (χ4n) is 1.08. The van der Waals surface area contributed by atoms with Gasteiger partial charge in [0, 0.05) is 5.56 Å². The molecule has 2 aromatic heterocycles. The predicted molar refractivity (Wildman–Crippen MR) is 52.3 cm³/mol. The fraction of sp³-hybridized carbons (Fsp3) is 0.125. The maximum Gasteiger partial charge on any atom is 0.0801 e. The van der Waals surface area contributed by atoms with Gasteiger partial charge < -0.3 is 5.73 Å². The molecule has 2 rings (SSSR count). The standard InChI is InChI=1S/C8H8N4S/c1-5-8(13-4-10-5)6-2-11-12-3-7(6)9/h2-4H,1H3,(H2,9,11). The first-order valence-electron chi connectivity index (χ1n) is 3.75. The molecule has 0 atom stereocenters. The second-order valence-corrected chi connectivity index (χ2v) is 3.48. The van der Waals surface area contributed by atoms with Gasteiger partial charge in [0.1, 0.15) is 0 Å². The van der Waals surface area contributed by atoms with E-state index in [-0.39, 0.29) is 0 Å². The van der Waals surface area contributed by atoms with E-state index in [0.717, 1.165) is 16.1 Å². The fourth-order valence-corrected chi connectivity index (χ4v) is 1.92. The zero-order valence-corrected chi connectivity index (χ0v) is 7.88. The number of thiazole rings is 1. The Morgan fingerprint density at radius 3 is 2.69 bits per heavy atom. The van der Waals surface area contributed by atoms with Crippen molar-refractivity contribution in [1.82, 2.24) is 15.2 Å². The Kier molecular flexibility index (Phi) is 1.94. The molecule has 0 aliphatic heterocycles. The molecule has 66 valence electrons. The van der Waals surface area contributed by atoms with Crippen LogP contribution in [0, 0.1) is 6.92 Å². The molecule has 5 heteroatoms. The summed E-state index contributed by atoms with van der Waals surface area (Å²) >= 11 is 1.56. The average Bonchev–Trinajstić information content (AvgIpc) is 2.52. The van der Waals surface area contributed by atoms with E-state index in [1.165, 1.54) is 0 Å². The van der Waals surface area contributed by atoms with Gasteiger partial charge in [-0.25, -0.2) is 4.98 Å². The number of hydrogen-bond donors (Lipinski definition) is 1. The maximum atomic E-state index is 5.76. The van der Waals surface area contributed by atoms with Crippen LogP contribution in [0.1, 0.15) is 5.69 Å². The minimum Gasteiger partial charge on any atom is -0.397 e. The second kappa shape index (κ2) is 3.10. The number of rotatable bonds is 1. The molecule has 0 saturated carbocycles. The summed E-state index contributed by atoms with van der Waals surface area (Å²) in [5, 5.41) is 7.49. The van der Waals surface area contributed by atoms with Crippen molar-refractivity contribution in [3.63, 3.8) is 0 Å². The van der Waals surface area contributed by atoms with Crippen LogP contribution in [0.4, 0.5) is 5.69 Å². The molecule has 0 aromatic carbocycles. The van der Waals surface area contributed by atoms with Gasteiger partial charge in [0.05, 0.1) is 34.2 Å². The van der Waals surface area contributed by atoms with Crippen LogP contribution in [0.2, 0.25) is 0 Å². The third-order valence-electron chi connectivity index (χ3n) is 1.75. The van der Waals surface area contributed by atoms with Gasteiger partial charge in [-0.3, -0.25) is 0 Å². The van der Waals surface area contributed by atoms with E-state index < -0.39 is 0 Å².